The van der Waals surface area contributed by atoms with E-state index in [-0.39, 0.29) is 11.9 Å². The maximum absolute atomic E-state index is 11.2. The van der Waals surface area contributed by atoms with Crippen LogP contribution in [0, 0.1) is 0 Å². The molecule has 0 unspecified atom stereocenters. The van der Waals surface area contributed by atoms with Crippen LogP contribution in [0.2, 0.25) is 0 Å². The van der Waals surface area contributed by atoms with Crippen molar-refractivity contribution < 1.29 is 19.1 Å². The zero-order valence-corrected chi connectivity index (χ0v) is 11.8. The highest BCUT2D eigenvalue weighted by Gasteiger charge is 2.25. The predicted molar refractivity (Wildman–Crippen MR) is 77.3 cm³/mol. The maximum Gasteiger partial charge on any atom is 0.308 e. The summed E-state index contributed by atoms with van der Waals surface area (Å²) in [6.07, 6.45) is 0.581. The third-order valence-electron chi connectivity index (χ3n) is 3.42. The molecule has 0 N–H and O–H groups in total. The van der Waals surface area contributed by atoms with Crippen LogP contribution < -0.4 is 9.47 Å². The smallest absolute Gasteiger partial charge is 0.308 e. The molecule has 0 aromatic heterocycles. The lowest BCUT2D eigenvalue weighted by molar-refractivity contribution is -0.132. The lowest BCUT2D eigenvalue weighted by atomic mass is 10.1. The largest absolute Gasteiger partial charge is 0.426 e. The molecule has 0 amide bonds. The zero-order chi connectivity index (χ0) is 15.0. The van der Waals surface area contributed by atoms with Crippen LogP contribution in [0.5, 0.6) is 11.5 Å². The molecule has 0 bridgehead atoms. The molecule has 21 heavy (non-hydrogen) atoms. The first kappa shape index (κ1) is 13.4. The van der Waals surface area contributed by atoms with Gasteiger partial charge in [0.25, 0.3) is 0 Å². The highest BCUT2D eigenvalue weighted by molar-refractivity contribution is 5.83. The number of rotatable bonds is 2. The Morgan fingerprint density at radius 3 is 1.62 bits per heavy atom. The predicted octanol–water partition coefficient (Wildman–Crippen LogP) is 3.11. The van der Waals surface area contributed by atoms with Crippen molar-refractivity contribution in [2.45, 2.75) is 20.3 Å². The number of esters is 2. The van der Waals surface area contributed by atoms with Gasteiger partial charge in [-0.15, -0.1) is 0 Å². The van der Waals surface area contributed by atoms with E-state index in [1.54, 1.807) is 12.1 Å². The fourth-order valence-corrected chi connectivity index (χ4v) is 2.68. The monoisotopic (exact) mass is 282 g/mol. The first-order valence-electron chi connectivity index (χ1n) is 6.67. The normalized spacial score (nSPS) is 11.5. The number of hydrogen-bond acceptors (Lipinski definition) is 4. The molecule has 4 nitrogen and oxygen atoms in total. The Hall–Kier alpha value is -2.62. The number of hydrogen-bond donors (Lipinski definition) is 0. The van der Waals surface area contributed by atoms with Gasteiger partial charge in [-0.05, 0) is 23.3 Å². The molecule has 0 heterocycles. The minimum Gasteiger partial charge on any atom is -0.426 e. The first-order valence-corrected chi connectivity index (χ1v) is 6.67. The SMILES string of the molecule is CC(=O)Oc1cccc2c1Cc1c(OC(C)=O)cccc1-2. The van der Waals surface area contributed by atoms with Crippen molar-refractivity contribution in [1.82, 2.24) is 0 Å². The summed E-state index contributed by atoms with van der Waals surface area (Å²) in [7, 11) is 0. The molecule has 2 aromatic rings. The van der Waals surface area contributed by atoms with E-state index in [4.69, 9.17) is 9.47 Å². The summed E-state index contributed by atoms with van der Waals surface area (Å²) in [6, 6.07) is 11.2. The number of benzene rings is 2. The standard InChI is InChI=1S/C17H14O4/c1-10(18)20-16-7-3-5-12-13-6-4-8-17(21-11(2)19)15(13)9-14(12)16/h3-8H,9H2,1-2H3. The third kappa shape index (κ3) is 2.40. The summed E-state index contributed by atoms with van der Waals surface area (Å²) in [6.45, 7) is 2.76. The fraction of sp³-hybridized carbons (Fsp3) is 0.176. The van der Waals surface area contributed by atoms with Gasteiger partial charge in [0, 0.05) is 31.4 Å². The molecule has 0 aliphatic heterocycles. The number of carbonyl (C=O) groups is 2. The van der Waals surface area contributed by atoms with Crippen LogP contribution in [-0.2, 0) is 16.0 Å². The lowest BCUT2D eigenvalue weighted by Gasteiger charge is -2.07. The van der Waals surface area contributed by atoms with Gasteiger partial charge < -0.3 is 9.47 Å². The molecule has 4 heteroatoms. The summed E-state index contributed by atoms with van der Waals surface area (Å²) < 4.78 is 10.5. The number of ether oxygens (including phenoxy) is 2. The molecule has 0 fully saturated rings. The Kier molecular flexibility index (Phi) is 3.22. The summed E-state index contributed by atoms with van der Waals surface area (Å²) in [5.41, 5.74) is 3.92. The minimum atomic E-state index is -0.348. The highest BCUT2D eigenvalue weighted by atomic mass is 16.5. The molecule has 0 saturated carbocycles. The average molecular weight is 282 g/mol. The molecule has 1 aliphatic rings. The molecular formula is C17H14O4. The second-order valence-corrected chi connectivity index (χ2v) is 4.93. The average Bonchev–Trinajstić information content (AvgIpc) is 2.79. The van der Waals surface area contributed by atoms with Crippen molar-refractivity contribution in [3.8, 4) is 22.6 Å². The Morgan fingerprint density at radius 1 is 0.810 bits per heavy atom. The van der Waals surface area contributed by atoms with Gasteiger partial charge in [0.1, 0.15) is 11.5 Å². The van der Waals surface area contributed by atoms with Crippen molar-refractivity contribution in [3.05, 3.63) is 47.5 Å². The van der Waals surface area contributed by atoms with Crippen LogP contribution in [0.3, 0.4) is 0 Å². The molecule has 106 valence electrons. The Balaban J connectivity index is 2.09. The molecular weight excluding hydrogens is 268 g/mol. The van der Waals surface area contributed by atoms with E-state index in [0.717, 1.165) is 22.3 Å². The summed E-state index contributed by atoms with van der Waals surface area (Å²) in [5, 5.41) is 0. The van der Waals surface area contributed by atoms with Crippen LogP contribution in [0.4, 0.5) is 0 Å². The van der Waals surface area contributed by atoms with Crippen molar-refractivity contribution >= 4 is 11.9 Å². The van der Waals surface area contributed by atoms with Crippen LogP contribution in [0.1, 0.15) is 25.0 Å². The molecule has 0 saturated heterocycles. The van der Waals surface area contributed by atoms with Gasteiger partial charge in [-0.3, -0.25) is 9.59 Å². The van der Waals surface area contributed by atoms with Crippen molar-refractivity contribution in [2.75, 3.05) is 0 Å². The van der Waals surface area contributed by atoms with Crippen LogP contribution in [-0.4, -0.2) is 11.9 Å². The van der Waals surface area contributed by atoms with E-state index < -0.39 is 0 Å². The van der Waals surface area contributed by atoms with E-state index in [9.17, 15) is 9.59 Å². The fourth-order valence-electron chi connectivity index (χ4n) is 2.68. The summed E-state index contributed by atoms with van der Waals surface area (Å²) in [4.78, 5) is 22.4. The van der Waals surface area contributed by atoms with Gasteiger partial charge in [-0.1, -0.05) is 24.3 Å². The van der Waals surface area contributed by atoms with Crippen LogP contribution >= 0.6 is 0 Å². The van der Waals surface area contributed by atoms with Crippen LogP contribution in [0.15, 0.2) is 36.4 Å². The van der Waals surface area contributed by atoms with E-state index in [0.29, 0.717) is 17.9 Å². The van der Waals surface area contributed by atoms with E-state index in [1.807, 2.05) is 24.3 Å². The summed E-state index contributed by atoms with van der Waals surface area (Å²) in [5.74, 6) is 0.425. The first-order chi connectivity index (χ1) is 10.1. The number of fused-ring (bicyclic) bond motifs is 3. The van der Waals surface area contributed by atoms with Crippen molar-refractivity contribution in [2.24, 2.45) is 0 Å². The van der Waals surface area contributed by atoms with Crippen molar-refractivity contribution in [1.29, 1.82) is 0 Å². The minimum absolute atomic E-state index is 0.348. The lowest BCUT2D eigenvalue weighted by Crippen LogP contribution is -2.04. The van der Waals surface area contributed by atoms with Gasteiger partial charge in [0.15, 0.2) is 0 Å². The summed E-state index contributed by atoms with van der Waals surface area (Å²) >= 11 is 0. The van der Waals surface area contributed by atoms with Gasteiger partial charge in [0.2, 0.25) is 0 Å². The quantitative estimate of drug-likeness (QED) is 0.535. The molecule has 0 atom stereocenters. The van der Waals surface area contributed by atoms with Gasteiger partial charge in [-0.2, -0.15) is 0 Å². The Morgan fingerprint density at radius 2 is 1.24 bits per heavy atom. The molecule has 3 rings (SSSR count). The van der Waals surface area contributed by atoms with E-state index in [1.165, 1.54) is 13.8 Å². The van der Waals surface area contributed by atoms with Gasteiger partial charge in [-0.25, -0.2) is 0 Å². The topological polar surface area (TPSA) is 52.6 Å². The maximum atomic E-state index is 11.2. The third-order valence-corrected chi connectivity index (χ3v) is 3.42. The highest BCUT2D eigenvalue weighted by Crippen LogP contribution is 2.44. The Bertz CT molecular complexity index is 683. The molecule has 0 spiro atoms. The van der Waals surface area contributed by atoms with Gasteiger partial charge in [0.05, 0.1) is 0 Å². The van der Waals surface area contributed by atoms with Crippen molar-refractivity contribution in [3.63, 3.8) is 0 Å². The Labute approximate surface area is 122 Å². The second kappa shape index (κ2) is 5.05. The number of carbonyl (C=O) groups excluding carboxylic acids is 2. The van der Waals surface area contributed by atoms with E-state index in [2.05, 4.69) is 0 Å². The van der Waals surface area contributed by atoms with E-state index >= 15 is 0 Å². The molecule has 1 aliphatic carbocycles. The molecule has 2 aromatic carbocycles. The van der Waals surface area contributed by atoms with Crippen LogP contribution in [0.25, 0.3) is 11.1 Å². The van der Waals surface area contributed by atoms with Gasteiger partial charge >= 0.3 is 11.9 Å². The second-order valence-electron chi connectivity index (χ2n) is 4.93. The molecule has 0 radical (unpaired) electrons. The zero-order valence-electron chi connectivity index (χ0n) is 11.8.